The highest BCUT2D eigenvalue weighted by Crippen LogP contribution is 2.28. The van der Waals surface area contributed by atoms with Gasteiger partial charge in [-0.05, 0) is 70.0 Å². The molecule has 0 spiro atoms. The Morgan fingerprint density at radius 3 is 2.24 bits per heavy atom. The molecule has 0 aliphatic rings. The van der Waals surface area contributed by atoms with Crippen LogP contribution in [-0.2, 0) is 26.2 Å². The zero-order valence-corrected chi connectivity index (χ0v) is 23.4. The number of nitrogens with one attached hydrogen (secondary N) is 1. The van der Waals surface area contributed by atoms with Crippen LogP contribution in [0.15, 0.2) is 46.9 Å². The molecule has 0 saturated carbocycles. The highest BCUT2D eigenvalue weighted by Gasteiger charge is 2.31. The molecular weight excluding hydrogens is 542 g/mol. The monoisotopic (exact) mass is 571 g/mol. The molecule has 186 valence electrons. The number of anilines is 1. The molecule has 0 aliphatic carbocycles. The van der Waals surface area contributed by atoms with Crippen molar-refractivity contribution >= 4 is 55.1 Å². The predicted molar refractivity (Wildman–Crippen MR) is 140 cm³/mol. The summed E-state index contributed by atoms with van der Waals surface area (Å²) < 4.78 is 27.2. The lowest BCUT2D eigenvalue weighted by Crippen LogP contribution is -2.54. The maximum atomic E-state index is 13.6. The molecule has 0 bridgehead atoms. The standard InChI is InChI=1S/C24H31BrClN3O4S/c1-16-20(26)8-7-9-21(16)29(34(6,32)33)15-22(30)28(14-18-10-12-19(25)13-11-18)17(2)23(31)27-24(3,4)5/h7-13,17H,14-15H2,1-6H3,(H,27,31)/t17-/m1/s1. The fraction of sp³-hybridized carbons (Fsp3) is 0.417. The summed E-state index contributed by atoms with van der Waals surface area (Å²) >= 11 is 9.60. The summed E-state index contributed by atoms with van der Waals surface area (Å²) in [5.74, 6) is -0.841. The van der Waals surface area contributed by atoms with E-state index in [1.807, 2.05) is 45.0 Å². The largest absolute Gasteiger partial charge is 0.350 e. The summed E-state index contributed by atoms with van der Waals surface area (Å²) in [7, 11) is -3.82. The number of hydrogen-bond acceptors (Lipinski definition) is 4. The number of carbonyl (C=O) groups excluding carboxylic acids is 2. The zero-order valence-electron chi connectivity index (χ0n) is 20.2. The first kappa shape index (κ1) is 28.1. The van der Waals surface area contributed by atoms with Gasteiger partial charge in [-0.1, -0.05) is 45.7 Å². The average Bonchev–Trinajstić information content (AvgIpc) is 2.71. The Morgan fingerprint density at radius 1 is 1.12 bits per heavy atom. The molecule has 1 atom stereocenters. The van der Waals surface area contributed by atoms with Crippen molar-refractivity contribution in [3.63, 3.8) is 0 Å². The van der Waals surface area contributed by atoms with Crippen molar-refractivity contribution < 1.29 is 18.0 Å². The van der Waals surface area contributed by atoms with E-state index in [0.29, 0.717) is 16.3 Å². The van der Waals surface area contributed by atoms with E-state index < -0.39 is 34.1 Å². The Balaban J connectivity index is 2.44. The molecule has 1 N–H and O–H groups in total. The van der Waals surface area contributed by atoms with Gasteiger partial charge >= 0.3 is 0 Å². The SMILES string of the molecule is Cc1c(Cl)cccc1N(CC(=O)N(Cc1ccc(Br)cc1)[C@H](C)C(=O)NC(C)(C)C)S(C)(=O)=O. The van der Waals surface area contributed by atoms with Crippen LogP contribution in [0, 0.1) is 6.92 Å². The van der Waals surface area contributed by atoms with Gasteiger partial charge in [0.1, 0.15) is 12.6 Å². The number of sulfonamides is 1. The van der Waals surface area contributed by atoms with Crippen LogP contribution < -0.4 is 9.62 Å². The summed E-state index contributed by atoms with van der Waals surface area (Å²) in [6, 6.07) is 11.4. The van der Waals surface area contributed by atoms with Crippen molar-refractivity contribution in [1.29, 1.82) is 0 Å². The molecule has 0 unspecified atom stereocenters. The van der Waals surface area contributed by atoms with Gasteiger partial charge in [0.2, 0.25) is 21.8 Å². The Hall–Kier alpha value is -2.10. The first-order valence-corrected chi connectivity index (χ1v) is 13.7. The lowest BCUT2D eigenvalue weighted by Gasteiger charge is -2.33. The fourth-order valence-corrected chi connectivity index (χ4v) is 4.64. The summed E-state index contributed by atoms with van der Waals surface area (Å²) in [5.41, 5.74) is 1.17. The third-order valence-corrected chi connectivity index (χ3v) is 7.18. The molecule has 0 saturated heterocycles. The molecular formula is C24H31BrClN3O4S. The van der Waals surface area contributed by atoms with Crippen LogP contribution in [0.3, 0.4) is 0 Å². The fourth-order valence-electron chi connectivity index (χ4n) is 3.30. The highest BCUT2D eigenvalue weighted by molar-refractivity contribution is 9.10. The van der Waals surface area contributed by atoms with E-state index in [1.165, 1.54) is 4.90 Å². The number of amides is 2. The number of halogens is 2. The van der Waals surface area contributed by atoms with Crippen LogP contribution in [0.2, 0.25) is 5.02 Å². The van der Waals surface area contributed by atoms with Crippen molar-refractivity contribution in [2.24, 2.45) is 0 Å². The van der Waals surface area contributed by atoms with Gasteiger partial charge in [-0.3, -0.25) is 13.9 Å². The zero-order chi connectivity index (χ0) is 25.8. The molecule has 0 heterocycles. The lowest BCUT2D eigenvalue weighted by atomic mass is 10.1. The van der Waals surface area contributed by atoms with E-state index in [-0.39, 0.29) is 12.5 Å². The van der Waals surface area contributed by atoms with Gasteiger partial charge in [0.25, 0.3) is 0 Å². The minimum Gasteiger partial charge on any atom is -0.350 e. The van der Waals surface area contributed by atoms with Crippen molar-refractivity contribution in [1.82, 2.24) is 10.2 Å². The number of rotatable bonds is 8. The van der Waals surface area contributed by atoms with Crippen LogP contribution >= 0.6 is 27.5 Å². The lowest BCUT2D eigenvalue weighted by molar-refractivity contribution is -0.140. The van der Waals surface area contributed by atoms with Gasteiger partial charge in [0, 0.05) is 21.6 Å². The maximum Gasteiger partial charge on any atom is 0.244 e. The van der Waals surface area contributed by atoms with Crippen LogP contribution in [0.5, 0.6) is 0 Å². The van der Waals surface area contributed by atoms with Gasteiger partial charge in [-0.2, -0.15) is 0 Å². The van der Waals surface area contributed by atoms with Gasteiger partial charge in [-0.25, -0.2) is 8.42 Å². The first-order valence-electron chi connectivity index (χ1n) is 10.7. The second kappa shape index (κ2) is 11.1. The quantitative estimate of drug-likeness (QED) is 0.504. The van der Waals surface area contributed by atoms with Gasteiger partial charge < -0.3 is 10.2 Å². The molecule has 0 aromatic heterocycles. The second-order valence-electron chi connectivity index (χ2n) is 9.22. The molecule has 0 aliphatic heterocycles. The Bertz CT molecular complexity index is 1150. The molecule has 2 aromatic rings. The van der Waals surface area contributed by atoms with Crippen LogP contribution in [0.4, 0.5) is 5.69 Å². The van der Waals surface area contributed by atoms with Crippen molar-refractivity contribution in [2.45, 2.75) is 52.7 Å². The molecule has 0 fully saturated rings. The number of nitrogens with zero attached hydrogens (tertiary/aromatic N) is 2. The van der Waals surface area contributed by atoms with Gasteiger partial charge in [-0.15, -0.1) is 0 Å². The van der Waals surface area contributed by atoms with Crippen molar-refractivity contribution in [3.05, 3.63) is 63.1 Å². The molecule has 0 radical (unpaired) electrons. The summed E-state index contributed by atoms with van der Waals surface area (Å²) in [6.45, 7) is 8.55. The molecule has 34 heavy (non-hydrogen) atoms. The predicted octanol–water partition coefficient (Wildman–Crippen LogP) is 4.51. The molecule has 2 aromatic carbocycles. The van der Waals surface area contributed by atoms with Crippen LogP contribution in [-0.4, -0.2) is 49.5 Å². The third kappa shape index (κ3) is 7.71. The topological polar surface area (TPSA) is 86.8 Å². The Morgan fingerprint density at radius 2 is 1.71 bits per heavy atom. The molecule has 2 amide bonds. The Labute approximate surface area is 215 Å². The van der Waals surface area contributed by atoms with E-state index >= 15 is 0 Å². The first-order chi connectivity index (χ1) is 15.6. The molecule has 7 nitrogen and oxygen atoms in total. The van der Waals surface area contributed by atoms with E-state index in [4.69, 9.17) is 11.6 Å². The van der Waals surface area contributed by atoms with E-state index in [0.717, 1.165) is 20.6 Å². The number of hydrogen-bond donors (Lipinski definition) is 1. The minimum absolute atomic E-state index is 0.136. The summed E-state index contributed by atoms with van der Waals surface area (Å²) in [5, 5.41) is 3.28. The van der Waals surface area contributed by atoms with Crippen LogP contribution in [0.1, 0.15) is 38.8 Å². The average molecular weight is 573 g/mol. The smallest absolute Gasteiger partial charge is 0.244 e. The summed E-state index contributed by atoms with van der Waals surface area (Å²) in [6.07, 6.45) is 1.04. The number of benzene rings is 2. The van der Waals surface area contributed by atoms with Crippen LogP contribution in [0.25, 0.3) is 0 Å². The van der Waals surface area contributed by atoms with E-state index in [1.54, 1.807) is 32.0 Å². The number of carbonyl (C=O) groups is 2. The van der Waals surface area contributed by atoms with Gasteiger partial charge in [0.15, 0.2) is 0 Å². The molecule has 10 heteroatoms. The van der Waals surface area contributed by atoms with Crippen molar-refractivity contribution in [3.8, 4) is 0 Å². The van der Waals surface area contributed by atoms with Crippen molar-refractivity contribution in [2.75, 3.05) is 17.1 Å². The highest BCUT2D eigenvalue weighted by atomic mass is 79.9. The second-order valence-corrected chi connectivity index (χ2v) is 12.4. The summed E-state index contributed by atoms with van der Waals surface area (Å²) in [4.78, 5) is 27.9. The maximum absolute atomic E-state index is 13.6. The Kier molecular flexibility index (Phi) is 9.18. The normalized spacial score (nSPS) is 12.7. The van der Waals surface area contributed by atoms with E-state index in [9.17, 15) is 18.0 Å². The molecule has 2 rings (SSSR count). The van der Waals surface area contributed by atoms with Gasteiger partial charge in [0.05, 0.1) is 11.9 Å². The minimum atomic E-state index is -3.82. The van der Waals surface area contributed by atoms with E-state index in [2.05, 4.69) is 21.2 Å². The third-order valence-electron chi connectivity index (χ3n) is 5.12.